The number of benzene rings is 1. The van der Waals surface area contributed by atoms with E-state index in [4.69, 9.17) is 0 Å². The highest BCUT2D eigenvalue weighted by molar-refractivity contribution is 7.90. The average molecular weight is 301 g/mol. The summed E-state index contributed by atoms with van der Waals surface area (Å²) in [6.07, 6.45) is 0. The molecular weight excluding hydrogens is 277 g/mol. The van der Waals surface area contributed by atoms with Crippen molar-refractivity contribution in [2.45, 2.75) is 57.9 Å². The first kappa shape index (κ1) is 17.4. The molecule has 3 nitrogen and oxygen atoms in total. The summed E-state index contributed by atoms with van der Waals surface area (Å²) in [7, 11) is 0. The lowest BCUT2D eigenvalue weighted by atomic mass is 9.94. The van der Waals surface area contributed by atoms with E-state index in [1.165, 1.54) is 0 Å². The Balaban J connectivity index is 3.03. The highest BCUT2D eigenvalue weighted by atomic mass is 32.2. The van der Waals surface area contributed by atoms with E-state index in [1.54, 1.807) is 39.0 Å². The number of hydrogen-bond acceptors (Lipinski definition) is 3. The van der Waals surface area contributed by atoms with Gasteiger partial charge in [0.2, 0.25) is 0 Å². The van der Waals surface area contributed by atoms with Gasteiger partial charge in [-0.1, -0.05) is 18.2 Å². The molecule has 1 aromatic rings. The van der Waals surface area contributed by atoms with Crippen molar-refractivity contribution in [3.63, 3.8) is 0 Å². The number of rotatable bonds is 4. The molecule has 1 aromatic carbocycles. The van der Waals surface area contributed by atoms with E-state index < -0.39 is 33.6 Å². The van der Waals surface area contributed by atoms with Crippen LogP contribution in [0.2, 0.25) is 0 Å². The first-order valence-electron chi connectivity index (χ1n) is 6.64. The summed E-state index contributed by atoms with van der Waals surface area (Å²) in [5, 5.41) is 9.97. The van der Waals surface area contributed by atoms with Crippen molar-refractivity contribution in [1.82, 2.24) is 4.72 Å². The molecule has 0 aliphatic rings. The van der Waals surface area contributed by atoms with E-state index in [2.05, 4.69) is 4.72 Å². The van der Waals surface area contributed by atoms with Crippen molar-refractivity contribution < 1.29 is 14.0 Å². The molecule has 0 radical (unpaired) electrons. The molecule has 0 fully saturated rings. The summed E-state index contributed by atoms with van der Waals surface area (Å²) in [4.78, 5) is 0. The maximum Gasteiger partial charge on any atom is 0.136 e. The van der Waals surface area contributed by atoms with E-state index in [-0.39, 0.29) is 5.56 Å². The number of halogens is 1. The van der Waals surface area contributed by atoms with Gasteiger partial charge in [-0.3, -0.25) is 0 Å². The van der Waals surface area contributed by atoms with Crippen molar-refractivity contribution in [2.75, 3.05) is 0 Å². The van der Waals surface area contributed by atoms with Gasteiger partial charge in [0.05, 0.1) is 11.6 Å². The fraction of sp³-hybridized carbons (Fsp3) is 0.600. The Bertz CT molecular complexity index is 466. The van der Waals surface area contributed by atoms with E-state index in [9.17, 15) is 14.0 Å². The Hall–Kier alpha value is -0.620. The summed E-state index contributed by atoms with van der Waals surface area (Å²) in [5.41, 5.74) is -0.601. The van der Waals surface area contributed by atoms with E-state index in [0.29, 0.717) is 5.56 Å². The largest absolute Gasteiger partial charge is 0.598 e. The summed E-state index contributed by atoms with van der Waals surface area (Å²) in [6.45, 7) is 10.4. The van der Waals surface area contributed by atoms with Crippen LogP contribution in [0, 0.1) is 5.82 Å². The minimum absolute atomic E-state index is 0.241. The van der Waals surface area contributed by atoms with Crippen LogP contribution in [-0.2, 0) is 17.0 Å². The minimum Gasteiger partial charge on any atom is -0.598 e. The zero-order valence-electron chi connectivity index (χ0n) is 13.0. The first-order valence-corrected chi connectivity index (χ1v) is 7.79. The molecule has 0 spiro atoms. The second-order valence-corrected chi connectivity index (χ2v) is 8.49. The number of nitrogens with one attached hydrogen (secondary N) is 1. The lowest BCUT2D eigenvalue weighted by Gasteiger charge is -2.27. The molecule has 0 heterocycles. The Morgan fingerprint density at radius 3 is 2.25 bits per heavy atom. The fourth-order valence-electron chi connectivity index (χ4n) is 1.76. The summed E-state index contributed by atoms with van der Waals surface area (Å²) < 4.78 is 29.0. The Morgan fingerprint density at radius 2 is 1.80 bits per heavy atom. The van der Waals surface area contributed by atoms with Gasteiger partial charge in [-0.15, -0.1) is 4.72 Å². The Labute approximate surface area is 123 Å². The highest BCUT2D eigenvalue weighted by Crippen LogP contribution is 2.28. The van der Waals surface area contributed by atoms with Crippen molar-refractivity contribution in [3.8, 4) is 0 Å². The molecule has 114 valence electrons. The molecule has 20 heavy (non-hydrogen) atoms. The average Bonchev–Trinajstić information content (AvgIpc) is 2.26. The van der Waals surface area contributed by atoms with Crippen molar-refractivity contribution in [3.05, 3.63) is 35.1 Å². The summed E-state index contributed by atoms with van der Waals surface area (Å²) in [6, 6.07) is 4.50. The maximum atomic E-state index is 14.5. The molecule has 5 heteroatoms. The van der Waals surface area contributed by atoms with Gasteiger partial charge < -0.3 is 9.66 Å². The van der Waals surface area contributed by atoms with Crippen LogP contribution >= 0.6 is 0 Å². The van der Waals surface area contributed by atoms with E-state index in [0.717, 1.165) is 0 Å². The SMILES string of the molecule is C[C@H](N[S@+]([O-])C(C)(C)C)c1cccc(C(C)(C)O)c1F. The molecule has 0 bridgehead atoms. The summed E-state index contributed by atoms with van der Waals surface area (Å²) >= 11 is -1.28. The van der Waals surface area contributed by atoms with Crippen LogP contribution in [-0.4, -0.2) is 14.4 Å². The molecule has 0 aromatic heterocycles. The zero-order valence-corrected chi connectivity index (χ0v) is 13.8. The molecule has 0 unspecified atom stereocenters. The smallest absolute Gasteiger partial charge is 0.136 e. The van der Waals surface area contributed by atoms with Crippen LogP contribution in [0.15, 0.2) is 18.2 Å². The highest BCUT2D eigenvalue weighted by Gasteiger charge is 2.30. The van der Waals surface area contributed by atoms with Gasteiger partial charge in [0.15, 0.2) is 0 Å². The van der Waals surface area contributed by atoms with Gasteiger partial charge in [-0.25, -0.2) is 4.39 Å². The van der Waals surface area contributed by atoms with Crippen molar-refractivity contribution in [1.29, 1.82) is 0 Å². The topological polar surface area (TPSA) is 55.3 Å². The predicted octanol–water partition coefficient (Wildman–Crippen LogP) is 3.17. The number of hydrogen-bond donors (Lipinski definition) is 2. The van der Waals surface area contributed by atoms with Crippen LogP contribution in [0.4, 0.5) is 4.39 Å². The lowest BCUT2D eigenvalue weighted by molar-refractivity contribution is 0.0743. The Kier molecular flexibility index (Phi) is 5.24. The molecule has 0 saturated carbocycles. The Morgan fingerprint density at radius 1 is 1.25 bits per heavy atom. The van der Waals surface area contributed by atoms with Crippen LogP contribution in [0.3, 0.4) is 0 Å². The molecule has 2 N–H and O–H groups in total. The third kappa shape index (κ3) is 4.19. The van der Waals surface area contributed by atoms with E-state index >= 15 is 0 Å². The van der Waals surface area contributed by atoms with Gasteiger partial charge in [0.25, 0.3) is 0 Å². The third-order valence-electron chi connectivity index (χ3n) is 2.99. The zero-order chi connectivity index (χ0) is 15.7. The van der Waals surface area contributed by atoms with Crippen molar-refractivity contribution >= 4 is 11.4 Å². The molecule has 2 atom stereocenters. The molecule has 1 rings (SSSR count). The van der Waals surface area contributed by atoms with Crippen LogP contribution in [0.5, 0.6) is 0 Å². The summed E-state index contributed by atoms with van der Waals surface area (Å²) in [5.74, 6) is -0.453. The number of aliphatic hydroxyl groups is 1. The minimum atomic E-state index is -1.28. The molecular formula is C15H24FNO2S. The standard InChI is InChI=1S/C15H24FNO2S/c1-10(17-20(19)14(2,3)4)11-8-7-9-12(13(11)16)15(5,6)18/h7-10,17-18H,1-6H3/t10-,20+/m0/s1. The van der Waals surface area contributed by atoms with Crippen molar-refractivity contribution in [2.24, 2.45) is 0 Å². The van der Waals surface area contributed by atoms with Crippen LogP contribution in [0.1, 0.15) is 58.7 Å². The van der Waals surface area contributed by atoms with Gasteiger partial charge in [0, 0.05) is 22.5 Å². The molecule has 0 amide bonds. The lowest BCUT2D eigenvalue weighted by Crippen LogP contribution is -2.40. The van der Waals surface area contributed by atoms with Crippen LogP contribution < -0.4 is 4.72 Å². The van der Waals surface area contributed by atoms with Gasteiger partial charge in [-0.05, 0) is 41.5 Å². The first-order chi connectivity index (χ1) is 8.94. The van der Waals surface area contributed by atoms with Gasteiger partial charge in [-0.2, -0.15) is 0 Å². The van der Waals surface area contributed by atoms with Crippen LogP contribution in [0.25, 0.3) is 0 Å². The maximum absolute atomic E-state index is 14.5. The third-order valence-corrected chi connectivity index (χ3v) is 4.67. The second kappa shape index (κ2) is 6.02. The van der Waals surface area contributed by atoms with Gasteiger partial charge >= 0.3 is 0 Å². The molecule has 0 aliphatic heterocycles. The van der Waals surface area contributed by atoms with E-state index in [1.807, 2.05) is 20.8 Å². The molecule has 0 saturated heterocycles. The van der Waals surface area contributed by atoms with Gasteiger partial charge in [0.1, 0.15) is 10.6 Å². The monoisotopic (exact) mass is 301 g/mol. The fourth-order valence-corrected chi connectivity index (χ4v) is 2.56. The second-order valence-electron chi connectivity index (χ2n) is 6.49. The quantitative estimate of drug-likeness (QED) is 0.840. The predicted molar refractivity (Wildman–Crippen MR) is 81.1 cm³/mol. The molecule has 0 aliphatic carbocycles. The normalized spacial score (nSPS) is 16.1.